The Bertz CT molecular complexity index is 1140. The van der Waals surface area contributed by atoms with Gasteiger partial charge in [0.1, 0.15) is 0 Å². The standard InChI is InChI=1S/C21H16NO2S/c1-16-7-10-20(11-8-16)25(23,24)22-14-13-19-15-18(9-12-21(19)22)17-5-3-2-4-6-17/h2-5,7-15H,1H3. The third-order valence-corrected chi connectivity index (χ3v) is 5.96. The smallest absolute Gasteiger partial charge is 0.241 e. The fourth-order valence-corrected chi connectivity index (χ4v) is 4.24. The Kier molecular flexibility index (Phi) is 3.70. The molecule has 0 aliphatic heterocycles. The van der Waals surface area contributed by atoms with Crippen LogP contribution in [0.3, 0.4) is 0 Å². The molecule has 3 aromatic carbocycles. The first-order valence-corrected chi connectivity index (χ1v) is 9.40. The highest BCUT2D eigenvalue weighted by Gasteiger charge is 2.18. The van der Waals surface area contributed by atoms with Gasteiger partial charge in [0, 0.05) is 11.6 Å². The Morgan fingerprint density at radius 1 is 0.920 bits per heavy atom. The van der Waals surface area contributed by atoms with Gasteiger partial charge >= 0.3 is 0 Å². The molecule has 123 valence electrons. The summed E-state index contributed by atoms with van der Waals surface area (Å²) in [5.74, 6) is 0. The molecule has 0 aliphatic carbocycles. The lowest BCUT2D eigenvalue weighted by molar-refractivity contribution is 0.589. The van der Waals surface area contributed by atoms with Crippen LogP contribution >= 0.6 is 0 Å². The summed E-state index contributed by atoms with van der Waals surface area (Å²) in [7, 11) is -3.61. The quantitative estimate of drug-likeness (QED) is 0.541. The molecule has 3 nitrogen and oxygen atoms in total. The molecule has 1 heterocycles. The van der Waals surface area contributed by atoms with Gasteiger partial charge in [0.2, 0.25) is 0 Å². The van der Waals surface area contributed by atoms with Crippen LogP contribution in [0.5, 0.6) is 0 Å². The van der Waals surface area contributed by atoms with E-state index in [1.54, 1.807) is 18.3 Å². The van der Waals surface area contributed by atoms with Crippen molar-refractivity contribution in [2.75, 3.05) is 0 Å². The van der Waals surface area contributed by atoms with Crippen molar-refractivity contribution in [2.24, 2.45) is 0 Å². The number of rotatable bonds is 3. The molecule has 25 heavy (non-hydrogen) atoms. The molecule has 0 saturated carbocycles. The minimum atomic E-state index is -3.61. The van der Waals surface area contributed by atoms with E-state index in [0.29, 0.717) is 5.52 Å². The minimum Gasteiger partial charge on any atom is -0.241 e. The number of hydrogen-bond acceptors (Lipinski definition) is 2. The zero-order valence-corrected chi connectivity index (χ0v) is 14.5. The second-order valence-corrected chi connectivity index (χ2v) is 7.79. The molecule has 0 bridgehead atoms. The number of nitrogens with zero attached hydrogens (tertiary/aromatic N) is 1. The van der Waals surface area contributed by atoms with E-state index in [9.17, 15) is 8.42 Å². The van der Waals surface area contributed by atoms with Crippen LogP contribution in [0, 0.1) is 13.0 Å². The maximum absolute atomic E-state index is 12.9. The average molecular weight is 346 g/mol. The summed E-state index contributed by atoms with van der Waals surface area (Å²) < 4.78 is 27.2. The van der Waals surface area contributed by atoms with Crippen LogP contribution in [-0.2, 0) is 10.0 Å². The number of hydrogen-bond donors (Lipinski definition) is 0. The Balaban J connectivity index is 1.83. The van der Waals surface area contributed by atoms with Crippen LogP contribution in [0.25, 0.3) is 22.0 Å². The number of aryl methyl sites for hydroxylation is 1. The van der Waals surface area contributed by atoms with Gasteiger partial charge in [-0.15, -0.1) is 0 Å². The van der Waals surface area contributed by atoms with E-state index >= 15 is 0 Å². The molecular formula is C21H16NO2S. The van der Waals surface area contributed by atoms with Crippen molar-refractivity contribution < 1.29 is 8.42 Å². The van der Waals surface area contributed by atoms with Crippen molar-refractivity contribution in [3.8, 4) is 11.1 Å². The molecule has 0 amide bonds. The molecule has 0 spiro atoms. The molecule has 4 heteroatoms. The summed E-state index contributed by atoms with van der Waals surface area (Å²) in [4.78, 5) is 0.288. The summed E-state index contributed by atoms with van der Waals surface area (Å²) >= 11 is 0. The Hall–Kier alpha value is -2.85. The van der Waals surface area contributed by atoms with Crippen LogP contribution < -0.4 is 0 Å². The highest BCUT2D eigenvalue weighted by Crippen LogP contribution is 2.27. The van der Waals surface area contributed by atoms with Crippen molar-refractivity contribution in [2.45, 2.75) is 11.8 Å². The largest absolute Gasteiger partial charge is 0.268 e. The average Bonchev–Trinajstić information content (AvgIpc) is 3.07. The van der Waals surface area contributed by atoms with Crippen molar-refractivity contribution >= 4 is 20.9 Å². The second kappa shape index (κ2) is 5.90. The molecule has 4 aromatic rings. The molecule has 0 saturated heterocycles. The Morgan fingerprint density at radius 2 is 1.72 bits per heavy atom. The highest BCUT2D eigenvalue weighted by atomic mass is 32.2. The molecule has 0 unspecified atom stereocenters. The lowest BCUT2D eigenvalue weighted by Crippen LogP contribution is -2.11. The van der Waals surface area contributed by atoms with Crippen molar-refractivity contribution in [3.05, 3.63) is 90.6 Å². The van der Waals surface area contributed by atoms with Crippen LogP contribution in [0.1, 0.15) is 5.56 Å². The molecule has 0 atom stereocenters. The van der Waals surface area contributed by atoms with Gasteiger partial charge in [-0.2, -0.15) is 0 Å². The van der Waals surface area contributed by atoms with E-state index in [0.717, 1.165) is 22.1 Å². The van der Waals surface area contributed by atoms with E-state index in [-0.39, 0.29) is 4.90 Å². The molecule has 0 fully saturated rings. The summed E-state index contributed by atoms with van der Waals surface area (Å²) in [6.45, 7) is 1.93. The predicted octanol–water partition coefficient (Wildman–Crippen LogP) is 4.65. The van der Waals surface area contributed by atoms with Gasteiger partial charge in [-0.05, 0) is 54.4 Å². The molecule has 0 N–H and O–H groups in total. The van der Waals surface area contributed by atoms with Gasteiger partial charge in [-0.3, -0.25) is 0 Å². The third-order valence-electron chi connectivity index (χ3n) is 4.25. The SMILES string of the molecule is Cc1ccc(S(=O)(=O)n2ccc3cc(-c4[c]cccc4)ccc32)cc1. The fourth-order valence-electron chi connectivity index (χ4n) is 2.89. The van der Waals surface area contributed by atoms with E-state index in [1.807, 2.05) is 67.6 Å². The van der Waals surface area contributed by atoms with Gasteiger partial charge in [0.15, 0.2) is 0 Å². The number of fused-ring (bicyclic) bond motifs is 1. The van der Waals surface area contributed by atoms with Gasteiger partial charge in [0.25, 0.3) is 10.0 Å². The van der Waals surface area contributed by atoms with Gasteiger partial charge in [0.05, 0.1) is 10.4 Å². The maximum atomic E-state index is 12.9. The fraction of sp³-hybridized carbons (Fsp3) is 0.0476. The third kappa shape index (κ3) is 2.75. The van der Waals surface area contributed by atoms with Gasteiger partial charge < -0.3 is 0 Å². The first kappa shape index (κ1) is 15.7. The van der Waals surface area contributed by atoms with E-state index in [1.165, 1.54) is 3.97 Å². The Labute approximate surface area is 147 Å². The predicted molar refractivity (Wildman–Crippen MR) is 100.0 cm³/mol. The number of benzene rings is 3. The molecule has 1 aromatic heterocycles. The van der Waals surface area contributed by atoms with Gasteiger partial charge in [-0.1, -0.05) is 48.0 Å². The number of aromatic nitrogens is 1. The van der Waals surface area contributed by atoms with E-state index in [2.05, 4.69) is 6.07 Å². The lowest BCUT2D eigenvalue weighted by Gasteiger charge is -2.08. The zero-order chi connectivity index (χ0) is 17.4. The normalized spacial score (nSPS) is 11.7. The van der Waals surface area contributed by atoms with Gasteiger partial charge in [-0.25, -0.2) is 12.4 Å². The first-order valence-electron chi connectivity index (χ1n) is 7.96. The zero-order valence-electron chi connectivity index (χ0n) is 13.7. The van der Waals surface area contributed by atoms with Crippen LogP contribution in [0.4, 0.5) is 0 Å². The molecule has 4 rings (SSSR count). The summed E-state index contributed by atoms with van der Waals surface area (Å²) in [5, 5.41) is 0.880. The van der Waals surface area contributed by atoms with Crippen LogP contribution in [0.2, 0.25) is 0 Å². The van der Waals surface area contributed by atoms with Crippen molar-refractivity contribution in [1.82, 2.24) is 3.97 Å². The Morgan fingerprint density at radius 3 is 2.44 bits per heavy atom. The maximum Gasteiger partial charge on any atom is 0.268 e. The summed E-state index contributed by atoms with van der Waals surface area (Å²) in [5.41, 5.74) is 3.69. The lowest BCUT2D eigenvalue weighted by atomic mass is 10.0. The van der Waals surface area contributed by atoms with Crippen LogP contribution in [0.15, 0.2) is 83.9 Å². The van der Waals surface area contributed by atoms with Crippen molar-refractivity contribution in [3.63, 3.8) is 0 Å². The first-order chi connectivity index (χ1) is 12.1. The van der Waals surface area contributed by atoms with Crippen molar-refractivity contribution in [1.29, 1.82) is 0 Å². The monoisotopic (exact) mass is 346 g/mol. The molecular weight excluding hydrogens is 330 g/mol. The minimum absolute atomic E-state index is 0.288. The summed E-state index contributed by atoms with van der Waals surface area (Å²) in [6, 6.07) is 25.4. The molecule has 1 radical (unpaired) electrons. The van der Waals surface area contributed by atoms with E-state index in [4.69, 9.17) is 0 Å². The summed E-state index contributed by atoms with van der Waals surface area (Å²) in [6.07, 6.45) is 1.61. The second-order valence-electron chi connectivity index (χ2n) is 5.98. The molecule has 0 aliphatic rings. The topological polar surface area (TPSA) is 39.1 Å². The van der Waals surface area contributed by atoms with Crippen LogP contribution in [-0.4, -0.2) is 12.4 Å². The highest BCUT2D eigenvalue weighted by molar-refractivity contribution is 7.90. The van der Waals surface area contributed by atoms with E-state index < -0.39 is 10.0 Å².